The molecule has 1 aliphatic carbocycles. The Balaban J connectivity index is 1.78. The second kappa shape index (κ2) is 4.94. The van der Waals surface area contributed by atoms with Crippen molar-refractivity contribution < 1.29 is 4.79 Å². The average Bonchev–Trinajstić information content (AvgIpc) is 2.85. The molecule has 1 aliphatic rings. The Morgan fingerprint density at radius 1 is 1.21 bits per heavy atom. The number of carbonyl (C=O) groups excluding carboxylic acids is 1. The van der Waals surface area contributed by atoms with Crippen molar-refractivity contribution in [3.8, 4) is 0 Å². The number of benzene rings is 1. The van der Waals surface area contributed by atoms with Crippen LogP contribution in [0.4, 0.5) is 0 Å². The van der Waals surface area contributed by atoms with Gasteiger partial charge < -0.3 is 5.73 Å². The molecule has 0 radical (unpaired) electrons. The molecule has 96 valence electrons. The van der Waals surface area contributed by atoms with Crippen LogP contribution in [0, 0.1) is 5.92 Å². The number of Topliss-reactive ketones (excluding diaryl/α,β-unsaturated/α-hetero) is 1. The second-order valence-corrected chi connectivity index (χ2v) is 5.03. The molecule has 0 saturated heterocycles. The van der Waals surface area contributed by atoms with Gasteiger partial charge in [-0.15, -0.1) is 0 Å². The third-order valence-electron chi connectivity index (χ3n) is 3.54. The molecule has 0 fully saturated rings. The summed E-state index contributed by atoms with van der Waals surface area (Å²) in [5.41, 5.74) is 7.54. The average molecular weight is 252 g/mol. The first-order valence-electron chi connectivity index (χ1n) is 6.53. The van der Waals surface area contributed by atoms with Crippen LogP contribution in [0.5, 0.6) is 0 Å². The van der Waals surface area contributed by atoms with Crippen molar-refractivity contribution in [2.24, 2.45) is 11.7 Å². The van der Waals surface area contributed by atoms with Crippen molar-refractivity contribution in [3.05, 3.63) is 54.2 Å². The van der Waals surface area contributed by atoms with Crippen molar-refractivity contribution in [2.45, 2.75) is 18.9 Å². The van der Waals surface area contributed by atoms with Crippen LogP contribution in [0.2, 0.25) is 0 Å². The minimum atomic E-state index is -0.0386. The first kappa shape index (κ1) is 12.1. The SMILES string of the molecule is NC1C=CC(C(=O)Cc2ccc3ccccc3n2)C1. The van der Waals surface area contributed by atoms with E-state index in [4.69, 9.17) is 5.73 Å². The summed E-state index contributed by atoms with van der Waals surface area (Å²) in [5.74, 6) is 0.162. The maximum Gasteiger partial charge on any atom is 0.145 e. The largest absolute Gasteiger partial charge is 0.324 e. The van der Waals surface area contributed by atoms with E-state index in [2.05, 4.69) is 4.98 Å². The van der Waals surface area contributed by atoms with Crippen LogP contribution in [0.1, 0.15) is 12.1 Å². The van der Waals surface area contributed by atoms with Crippen molar-refractivity contribution in [2.75, 3.05) is 0 Å². The van der Waals surface area contributed by atoms with Gasteiger partial charge in [-0.1, -0.05) is 36.4 Å². The Bertz CT molecular complexity index is 648. The number of hydrogen-bond acceptors (Lipinski definition) is 3. The highest BCUT2D eigenvalue weighted by Gasteiger charge is 2.22. The molecule has 3 heteroatoms. The number of pyridine rings is 1. The van der Waals surface area contributed by atoms with Crippen molar-refractivity contribution in [3.63, 3.8) is 0 Å². The molecule has 1 aromatic carbocycles. The highest BCUT2D eigenvalue weighted by Crippen LogP contribution is 2.20. The van der Waals surface area contributed by atoms with Crippen molar-refractivity contribution in [1.82, 2.24) is 4.98 Å². The minimum Gasteiger partial charge on any atom is -0.324 e. The molecule has 2 unspecified atom stereocenters. The number of para-hydroxylation sites is 1. The number of nitrogens with two attached hydrogens (primary N) is 1. The van der Waals surface area contributed by atoms with Crippen molar-refractivity contribution >= 4 is 16.7 Å². The van der Waals surface area contributed by atoms with E-state index >= 15 is 0 Å². The van der Waals surface area contributed by atoms with Gasteiger partial charge in [0.25, 0.3) is 0 Å². The first-order chi connectivity index (χ1) is 9.22. The summed E-state index contributed by atoms with van der Waals surface area (Å²) < 4.78 is 0. The maximum atomic E-state index is 12.1. The van der Waals surface area contributed by atoms with Gasteiger partial charge in [0.15, 0.2) is 0 Å². The summed E-state index contributed by atoms with van der Waals surface area (Å²) in [6, 6.07) is 11.9. The molecule has 3 rings (SSSR count). The van der Waals surface area contributed by atoms with E-state index < -0.39 is 0 Å². The number of allylic oxidation sites excluding steroid dienone is 1. The Kier molecular flexibility index (Phi) is 3.13. The van der Waals surface area contributed by atoms with Gasteiger partial charge in [0, 0.05) is 29.5 Å². The number of nitrogens with zero attached hydrogens (tertiary/aromatic N) is 1. The molecule has 0 bridgehead atoms. The van der Waals surface area contributed by atoms with Gasteiger partial charge in [0.1, 0.15) is 5.78 Å². The molecule has 1 aromatic heterocycles. The fraction of sp³-hybridized carbons (Fsp3) is 0.250. The lowest BCUT2D eigenvalue weighted by molar-refractivity contribution is -0.120. The third-order valence-corrected chi connectivity index (χ3v) is 3.54. The highest BCUT2D eigenvalue weighted by molar-refractivity contribution is 5.86. The Labute approximate surface area is 112 Å². The maximum absolute atomic E-state index is 12.1. The third kappa shape index (κ3) is 2.56. The van der Waals surface area contributed by atoms with Gasteiger partial charge in [-0.2, -0.15) is 0 Å². The number of hydrogen-bond donors (Lipinski definition) is 1. The lowest BCUT2D eigenvalue weighted by Crippen LogP contribution is -2.20. The number of fused-ring (bicyclic) bond motifs is 1. The fourth-order valence-electron chi connectivity index (χ4n) is 2.48. The molecule has 3 nitrogen and oxygen atoms in total. The van der Waals surface area contributed by atoms with Gasteiger partial charge >= 0.3 is 0 Å². The van der Waals surface area contributed by atoms with E-state index in [1.165, 1.54) is 0 Å². The first-order valence-corrected chi connectivity index (χ1v) is 6.53. The minimum absolute atomic E-state index is 0.0264. The molecule has 0 amide bonds. The van der Waals surface area contributed by atoms with Crippen LogP contribution in [0.25, 0.3) is 10.9 Å². The van der Waals surface area contributed by atoms with Crippen LogP contribution >= 0.6 is 0 Å². The molecule has 0 saturated carbocycles. The normalized spacial score (nSPS) is 21.9. The molecule has 19 heavy (non-hydrogen) atoms. The van der Waals surface area contributed by atoms with Gasteiger partial charge in [-0.05, 0) is 18.6 Å². The van der Waals surface area contributed by atoms with E-state index in [1.54, 1.807) is 0 Å². The van der Waals surface area contributed by atoms with Crippen LogP contribution < -0.4 is 5.73 Å². The fourth-order valence-corrected chi connectivity index (χ4v) is 2.48. The summed E-state index contributed by atoms with van der Waals surface area (Å²) in [6.07, 6.45) is 4.95. The zero-order chi connectivity index (χ0) is 13.2. The van der Waals surface area contributed by atoms with Crippen LogP contribution in [0.15, 0.2) is 48.6 Å². The topological polar surface area (TPSA) is 56.0 Å². The van der Waals surface area contributed by atoms with Gasteiger partial charge in [-0.3, -0.25) is 9.78 Å². The molecular weight excluding hydrogens is 236 g/mol. The van der Waals surface area contributed by atoms with Crippen LogP contribution in [-0.4, -0.2) is 16.8 Å². The molecule has 0 spiro atoms. The zero-order valence-electron chi connectivity index (χ0n) is 10.6. The molecule has 0 aliphatic heterocycles. The van der Waals surface area contributed by atoms with E-state index in [1.807, 2.05) is 48.6 Å². The Hall–Kier alpha value is -2.00. The van der Waals surface area contributed by atoms with Gasteiger partial charge in [0.05, 0.1) is 5.52 Å². The Morgan fingerprint density at radius 3 is 2.84 bits per heavy atom. The number of rotatable bonds is 3. The van der Waals surface area contributed by atoms with E-state index in [9.17, 15) is 4.79 Å². The summed E-state index contributed by atoms with van der Waals surface area (Å²) >= 11 is 0. The lowest BCUT2D eigenvalue weighted by Gasteiger charge is -2.08. The highest BCUT2D eigenvalue weighted by atomic mass is 16.1. The molecule has 1 heterocycles. The summed E-state index contributed by atoms with van der Waals surface area (Å²) in [4.78, 5) is 16.7. The molecule has 2 aromatic rings. The molecule has 2 atom stereocenters. The standard InChI is InChI=1S/C16H16N2O/c17-13-7-5-12(9-13)16(19)10-14-8-6-11-3-1-2-4-15(11)18-14/h1-8,12-13H,9-10,17H2. The summed E-state index contributed by atoms with van der Waals surface area (Å²) in [7, 11) is 0. The summed E-state index contributed by atoms with van der Waals surface area (Å²) in [6.45, 7) is 0. The predicted molar refractivity (Wildman–Crippen MR) is 75.7 cm³/mol. The quantitative estimate of drug-likeness (QED) is 0.852. The van der Waals surface area contributed by atoms with Gasteiger partial charge in [-0.25, -0.2) is 0 Å². The monoisotopic (exact) mass is 252 g/mol. The second-order valence-electron chi connectivity index (χ2n) is 5.03. The number of aromatic nitrogens is 1. The van der Waals surface area contributed by atoms with Crippen molar-refractivity contribution in [1.29, 1.82) is 0 Å². The van der Waals surface area contributed by atoms with E-state index in [0.29, 0.717) is 6.42 Å². The summed E-state index contributed by atoms with van der Waals surface area (Å²) in [5, 5.41) is 1.10. The number of ketones is 1. The van der Waals surface area contributed by atoms with E-state index in [0.717, 1.165) is 23.0 Å². The molecular formula is C16H16N2O. The van der Waals surface area contributed by atoms with E-state index in [-0.39, 0.29) is 17.7 Å². The molecule has 2 N–H and O–H groups in total. The van der Waals surface area contributed by atoms with Crippen LogP contribution in [-0.2, 0) is 11.2 Å². The number of carbonyl (C=O) groups is 1. The lowest BCUT2D eigenvalue weighted by atomic mass is 9.98. The Morgan fingerprint density at radius 2 is 2.05 bits per heavy atom. The van der Waals surface area contributed by atoms with Gasteiger partial charge in [0.2, 0.25) is 0 Å². The zero-order valence-corrected chi connectivity index (χ0v) is 10.6. The smallest absolute Gasteiger partial charge is 0.145 e. The van der Waals surface area contributed by atoms with Crippen LogP contribution in [0.3, 0.4) is 0 Å². The predicted octanol–water partition coefficient (Wildman–Crippen LogP) is 2.25.